The van der Waals surface area contributed by atoms with Gasteiger partial charge in [-0.2, -0.15) is 0 Å². The van der Waals surface area contributed by atoms with Crippen LogP contribution < -0.4 is 5.32 Å². The number of aromatic nitrogens is 1. The molecule has 0 saturated heterocycles. The Morgan fingerprint density at radius 3 is 2.75 bits per heavy atom. The van der Waals surface area contributed by atoms with E-state index in [1.54, 1.807) is 11.3 Å². The maximum atomic E-state index is 4.81. The normalized spacial score (nSPS) is 12.8. The fourth-order valence-corrected chi connectivity index (χ4v) is 3.52. The molecule has 2 aromatic rings. The second-order valence-electron chi connectivity index (χ2n) is 5.21. The molecule has 0 aliphatic heterocycles. The molecule has 1 atom stereocenters. The van der Waals surface area contributed by atoms with Crippen LogP contribution in [0.25, 0.3) is 0 Å². The highest BCUT2D eigenvalue weighted by Gasteiger charge is 2.18. The maximum absolute atomic E-state index is 4.81. The average molecular weight is 353 g/mol. The molecule has 2 nitrogen and oxygen atoms in total. The number of halogens is 1. The Kier molecular flexibility index (Phi) is 5.75. The summed E-state index contributed by atoms with van der Waals surface area (Å²) in [4.78, 5) is 4.81. The Morgan fingerprint density at radius 2 is 2.15 bits per heavy atom. The highest BCUT2D eigenvalue weighted by molar-refractivity contribution is 9.10. The molecule has 0 amide bonds. The summed E-state index contributed by atoms with van der Waals surface area (Å²) in [5.74, 6) is 0.481. The van der Waals surface area contributed by atoms with Crippen molar-refractivity contribution >= 4 is 27.3 Å². The molecule has 1 aromatic carbocycles. The van der Waals surface area contributed by atoms with Crippen LogP contribution in [0.5, 0.6) is 0 Å². The topological polar surface area (TPSA) is 24.9 Å². The summed E-state index contributed by atoms with van der Waals surface area (Å²) < 4.78 is 1.11. The van der Waals surface area contributed by atoms with Crippen molar-refractivity contribution in [1.29, 1.82) is 0 Å². The molecule has 1 aromatic heterocycles. The van der Waals surface area contributed by atoms with Gasteiger partial charge in [0, 0.05) is 9.85 Å². The Hall–Kier alpha value is -0.710. The van der Waals surface area contributed by atoms with Gasteiger partial charge >= 0.3 is 0 Å². The number of benzene rings is 1. The molecule has 1 unspecified atom stereocenters. The van der Waals surface area contributed by atoms with E-state index < -0.39 is 0 Å². The van der Waals surface area contributed by atoms with Crippen LogP contribution in [-0.4, -0.2) is 11.5 Å². The predicted octanol–water partition coefficient (Wildman–Crippen LogP) is 5.12. The molecule has 0 saturated carbocycles. The van der Waals surface area contributed by atoms with Crippen LogP contribution in [0.1, 0.15) is 55.4 Å². The summed E-state index contributed by atoms with van der Waals surface area (Å²) in [6, 6.07) is 8.65. The Balaban J connectivity index is 2.31. The van der Waals surface area contributed by atoms with E-state index in [-0.39, 0.29) is 6.04 Å². The Labute approximate surface area is 133 Å². The number of nitrogens with one attached hydrogen (secondary N) is 1. The molecule has 0 bridgehead atoms. The van der Waals surface area contributed by atoms with E-state index in [1.165, 1.54) is 11.3 Å². The van der Waals surface area contributed by atoms with Crippen molar-refractivity contribution in [3.8, 4) is 0 Å². The standard InChI is InChI=1S/C16H21BrN2S/c1-4-8-18-15(12-6-5-7-13(17)9-12)16-19-14(10-20-16)11(2)3/h5-7,9-11,15,18H,4,8H2,1-3H3. The SMILES string of the molecule is CCCNC(c1cccc(Br)c1)c1nc(C(C)C)cs1. The van der Waals surface area contributed by atoms with Crippen LogP contribution in [0.15, 0.2) is 34.1 Å². The number of nitrogens with zero attached hydrogens (tertiary/aromatic N) is 1. The first-order chi connectivity index (χ1) is 9.61. The Morgan fingerprint density at radius 1 is 1.35 bits per heavy atom. The third-order valence-electron chi connectivity index (χ3n) is 3.16. The smallest absolute Gasteiger partial charge is 0.114 e. The van der Waals surface area contributed by atoms with Gasteiger partial charge in [0.1, 0.15) is 5.01 Å². The first-order valence-electron chi connectivity index (χ1n) is 7.06. The van der Waals surface area contributed by atoms with Crippen LogP contribution in [0, 0.1) is 0 Å². The highest BCUT2D eigenvalue weighted by atomic mass is 79.9. The molecule has 4 heteroatoms. The summed E-state index contributed by atoms with van der Waals surface area (Å²) >= 11 is 5.30. The quantitative estimate of drug-likeness (QED) is 0.780. The second kappa shape index (κ2) is 7.34. The molecule has 0 fully saturated rings. The first-order valence-corrected chi connectivity index (χ1v) is 8.73. The molecular weight excluding hydrogens is 332 g/mol. The van der Waals surface area contributed by atoms with Crippen LogP contribution >= 0.6 is 27.3 Å². The monoisotopic (exact) mass is 352 g/mol. The molecule has 0 aliphatic rings. The molecule has 20 heavy (non-hydrogen) atoms. The number of hydrogen-bond acceptors (Lipinski definition) is 3. The Bertz CT molecular complexity index is 551. The lowest BCUT2D eigenvalue weighted by Crippen LogP contribution is -2.23. The van der Waals surface area contributed by atoms with Crippen LogP contribution in [-0.2, 0) is 0 Å². The van der Waals surface area contributed by atoms with Gasteiger partial charge in [0.15, 0.2) is 0 Å². The van der Waals surface area contributed by atoms with Crippen molar-refractivity contribution < 1.29 is 0 Å². The van der Waals surface area contributed by atoms with Gasteiger partial charge in [0.05, 0.1) is 11.7 Å². The molecule has 0 spiro atoms. The van der Waals surface area contributed by atoms with Gasteiger partial charge < -0.3 is 5.32 Å². The molecular formula is C16H21BrN2S. The average Bonchev–Trinajstić information content (AvgIpc) is 2.89. The summed E-state index contributed by atoms with van der Waals surface area (Å²) in [5.41, 5.74) is 2.45. The summed E-state index contributed by atoms with van der Waals surface area (Å²) in [6.45, 7) is 7.55. The lowest BCUT2D eigenvalue weighted by molar-refractivity contribution is 0.593. The summed E-state index contributed by atoms with van der Waals surface area (Å²) in [6.07, 6.45) is 1.12. The van der Waals surface area contributed by atoms with Crippen molar-refractivity contribution in [3.05, 3.63) is 50.4 Å². The summed E-state index contributed by atoms with van der Waals surface area (Å²) in [7, 11) is 0. The second-order valence-corrected chi connectivity index (χ2v) is 7.01. The van der Waals surface area contributed by atoms with Gasteiger partial charge in [-0.15, -0.1) is 11.3 Å². The van der Waals surface area contributed by atoms with Gasteiger partial charge in [0.25, 0.3) is 0 Å². The zero-order valence-electron chi connectivity index (χ0n) is 12.2. The minimum atomic E-state index is 0.185. The van der Waals surface area contributed by atoms with Crippen molar-refractivity contribution in [2.45, 2.75) is 39.2 Å². The van der Waals surface area contributed by atoms with E-state index in [9.17, 15) is 0 Å². The first kappa shape index (κ1) is 15.7. The van der Waals surface area contributed by atoms with Crippen molar-refractivity contribution in [2.24, 2.45) is 0 Å². The maximum Gasteiger partial charge on any atom is 0.114 e. The van der Waals surface area contributed by atoms with Gasteiger partial charge in [-0.25, -0.2) is 4.98 Å². The zero-order valence-corrected chi connectivity index (χ0v) is 14.6. The largest absolute Gasteiger partial charge is 0.304 e. The lowest BCUT2D eigenvalue weighted by atomic mass is 10.1. The van der Waals surface area contributed by atoms with Gasteiger partial charge in [-0.3, -0.25) is 0 Å². The van der Waals surface area contributed by atoms with Gasteiger partial charge in [-0.05, 0) is 36.6 Å². The van der Waals surface area contributed by atoms with Crippen LogP contribution in [0.3, 0.4) is 0 Å². The lowest BCUT2D eigenvalue weighted by Gasteiger charge is -2.17. The van der Waals surface area contributed by atoms with E-state index in [0.717, 1.165) is 22.4 Å². The molecule has 0 radical (unpaired) electrons. The third-order valence-corrected chi connectivity index (χ3v) is 4.58. The van der Waals surface area contributed by atoms with Crippen molar-refractivity contribution in [1.82, 2.24) is 10.3 Å². The van der Waals surface area contributed by atoms with E-state index in [1.807, 2.05) is 0 Å². The number of hydrogen-bond donors (Lipinski definition) is 1. The third kappa shape index (κ3) is 3.90. The summed E-state index contributed by atoms with van der Waals surface area (Å²) in [5, 5.41) is 6.94. The fourth-order valence-electron chi connectivity index (χ4n) is 2.02. The number of thiazole rings is 1. The van der Waals surface area contributed by atoms with Crippen LogP contribution in [0.2, 0.25) is 0 Å². The molecule has 1 N–H and O–H groups in total. The van der Waals surface area contributed by atoms with E-state index in [4.69, 9.17) is 4.98 Å². The fraction of sp³-hybridized carbons (Fsp3) is 0.438. The van der Waals surface area contributed by atoms with E-state index in [0.29, 0.717) is 5.92 Å². The molecule has 108 valence electrons. The van der Waals surface area contributed by atoms with Crippen LogP contribution in [0.4, 0.5) is 0 Å². The number of rotatable bonds is 6. The van der Waals surface area contributed by atoms with Crippen molar-refractivity contribution in [2.75, 3.05) is 6.54 Å². The minimum Gasteiger partial charge on any atom is -0.304 e. The zero-order chi connectivity index (χ0) is 14.5. The van der Waals surface area contributed by atoms with Crippen molar-refractivity contribution in [3.63, 3.8) is 0 Å². The highest BCUT2D eigenvalue weighted by Crippen LogP contribution is 2.29. The molecule has 0 aliphatic carbocycles. The molecule has 1 heterocycles. The van der Waals surface area contributed by atoms with Gasteiger partial charge in [0.2, 0.25) is 0 Å². The van der Waals surface area contributed by atoms with Gasteiger partial charge in [-0.1, -0.05) is 48.8 Å². The molecule has 2 rings (SSSR count). The van der Waals surface area contributed by atoms with E-state index >= 15 is 0 Å². The van der Waals surface area contributed by atoms with E-state index in [2.05, 4.69) is 71.7 Å². The minimum absolute atomic E-state index is 0.185. The predicted molar refractivity (Wildman–Crippen MR) is 90.5 cm³/mol.